The van der Waals surface area contributed by atoms with Gasteiger partial charge in [-0.1, -0.05) is 33.4 Å². The van der Waals surface area contributed by atoms with Crippen LogP contribution in [0.1, 0.15) is 54.4 Å². The van der Waals surface area contributed by atoms with Gasteiger partial charge in [-0.15, -0.1) is 0 Å². The molecule has 0 saturated heterocycles. The molecular formula is C20H30O5. The summed E-state index contributed by atoms with van der Waals surface area (Å²) in [5.74, 6) is -0.957. The molecule has 25 heavy (non-hydrogen) atoms. The second-order valence-corrected chi connectivity index (χ2v) is 8.21. The molecule has 1 fully saturated rings. The van der Waals surface area contributed by atoms with E-state index in [9.17, 15) is 14.7 Å². The van der Waals surface area contributed by atoms with Crippen LogP contribution in [0.4, 0.5) is 0 Å². The third-order valence-corrected chi connectivity index (χ3v) is 6.11. The van der Waals surface area contributed by atoms with E-state index in [0.717, 1.165) is 17.6 Å². The van der Waals surface area contributed by atoms with E-state index in [4.69, 9.17) is 9.47 Å². The van der Waals surface area contributed by atoms with Gasteiger partial charge in [-0.25, -0.2) is 0 Å². The average Bonchev–Trinajstić information content (AvgIpc) is 2.47. The molecule has 1 saturated carbocycles. The van der Waals surface area contributed by atoms with Crippen LogP contribution in [0.15, 0.2) is 23.8 Å². The first-order valence-corrected chi connectivity index (χ1v) is 8.83. The molecule has 0 bridgehead atoms. The monoisotopic (exact) mass is 350 g/mol. The van der Waals surface area contributed by atoms with Crippen LogP contribution in [0.5, 0.6) is 0 Å². The third kappa shape index (κ3) is 3.14. The number of aliphatic hydroxyl groups is 1. The fraction of sp³-hybridized carbons (Fsp3) is 0.700. The van der Waals surface area contributed by atoms with Crippen molar-refractivity contribution < 1.29 is 24.2 Å². The maximum absolute atomic E-state index is 11.7. The van der Waals surface area contributed by atoms with Gasteiger partial charge in [-0.05, 0) is 36.3 Å². The first kappa shape index (κ1) is 19.7. The number of hydrogen-bond donors (Lipinski definition) is 1. The van der Waals surface area contributed by atoms with Crippen molar-refractivity contribution in [2.75, 3.05) is 0 Å². The Kier molecular flexibility index (Phi) is 5.20. The minimum atomic E-state index is -0.898. The van der Waals surface area contributed by atoms with Gasteiger partial charge >= 0.3 is 11.9 Å². The van der Waals surface area contributed by atoms with Gasteiger partial charge in [-0.3, -0.25) is 9.59 Å². The van der Waals surface area contributed by atoms with Crippen LogP contribution in [-0.2, 0) is 19.1 Å². The summed E-state index contributed by atoms with van der Waals surface area (Å²) >= 11 is 0. The third-order valence-electron chi connectivity index (χ3n) is 6.11. The molecule has 140 valence electrons. The quantitative estimate of drug-likeness (QED) is 0.792. The molecule has 5 heteroatoms. The SMILES string of the molecule is C=CC1=C(C)[C@@H](O)[C@@H](OC(C)=O)[C@H]2C(C)(C)CC[C@H](OC(C)=O)[C@]12C. The van der Waals surface area contributed by atoms with E-state index < -0.39 is 23.6 Å². The maximum atomic E-state index is 11.7. The van der Waals surface area contributed by atoms with Crippen molar-refractivity contribution in [1.82, 2.24) is 0 Å². The van der Waals surface area contributed by atoms with E-state index >= 15 is 0 Å². The van der Waals surface area contributed by atoms with Gasteiger partial charge in [0.25, 0.3) is 0 Å². The topological polar surface area (TPSA) is 72.8 Å². The van der Waals surface area contributed by atoms with E-state index in [1.807, 2.05) is 13.8 Å². The minimum Gasteiger partial charge on any atom is -0.462 e. The Labute approximate surface area is 150 Å². The van der Waals surface area contributed by atoms with Crippen LogP contribution in [-0.4, -0.2) is 35.4 Å². The summed E-state index contributed by atoms with van der Waals surface area (Å²) in [5, 5.41) is 10.9. The standard InChI is InChI=1S/C20H30O5/c1-8-14-11(2)16(23)17(25-13(4)22)18-19(5,6)10-9-15(20(14,18)7)24-12(3)21/h8,15-18,23H,1,9-10H2,2-7H3/t15-,16+,17+,18-,20-/m0/s1. The van der Waals surface area contributed by atoms with Crippen LogP contribution in [0.2, 0.25) is 0 Å². The molecule has 1 N–H and O–H groups in total. The zero-order chi connectivity index (χ0) is 19.2. The van der Waals surface area contributed by atoms with Crippen molar-refractivity contribution in [2.45, 2.75) is 72.7 Å². The maximum Gasteiger partial charge on any atom is 0.303 e. The first-order valence-electron chi connectivity index (χ1n) is 8.83. The molecule has 0 aromatic carbocycles. The zero-order valence-electron chi connectivity index (χ0n) is 16.1. The lowest BCUT2D eigenvalue weighted by atomic mass is 9.47. The molecule has 2 rings (SSSR count). The molecule has 0 spiro atoms. The number of carbonyl (C=O) groups is 2. The zero-order valence-corrected chi connectivity index (χ0v) is 16.1. The second-order valence-electron chi connectivity index (χ2n) is 8.21. The van der Waals surface area contributed by atoms with E-state index in [1.54, 1.807) is 6.08 Å². The molecule has 5 nitrogen and oxygen atoms in total. The molecule has 0 unspecified atom stereocenters. The summed E-state index contributed by atoms with van der Waals surface area (Å²) in [4.78, 5) is 23.4. The van der Waals surface area contributed by atoms with Crippen molar-refractivity contribution in [2.24, 2.45) is 16.7 Å². The minimum absolute atomic E-state index is 0.200. The highest BCUT2D eigenvalue weighted by Crippen LogP contribution is 2.61. The summed E-state index contributed by atoms with van der Waals surface area (Å²) in [6, 6.07) is 0. The van der Waals surface area contributed by atoms with Crippen molar-refractivity contribution in [3.8, 4) is 0 Å². The molecule has 0 aliphatic heterocycles. The lowest BCUT2D eigenvalue weighted by Crippen LogP contribution is -2.62. The van der Waals surface area contributed by atoms with E-state index in [0.29, 0.717) is 6.42 Å². The van der Waals surface area contributed by atoms with Gasteiger partial charge < -0.3 is 14.6 Å². The Balaban J connectivity index is 2.70. The second kappa shape index (κ2) is 6.60. The summed E-state index contributed by atoms with van der Waals surface area (Å²) < 4.78 is 11.3. The van der Waals surface area contributed by atoms with E-state index in [-0.39, 0.29) is 23.4 Å². The molecule has 0 radical (unpaired) electrons. The van der Waals surface area contributed by atoms with Gasteiger partial charge in [0.05, 0.1) is 0 Å². The van der Waals surface area contributed by atoms with E-state index in [2.05, 4.69) is 20.4 Å². The summed E-state index contributed by atoms with van der Waals surface area (Å²) in [7, 11) is 0. The van der Waals surface area contributed by atoms with E-state index in [1.165, 1.54) is 13.8 Å². The largest absolute Gasteiger partial charge is 0.462 e. The Morgan fingerprint density at radius 2 is 1.76 bits per heavy atom. The highest BCUT2D eigenvalue weighted by atomic mass is 16.6. The molecule has 5 atom stereocenters. The van der Waals surface area contributed by atoms with Crippen LogP contribution in [0.3, 0.4) is 0 Å². The van der Waals surface area contributed by atoms with Crippen molar-refractivity contribution in [1.29, 1.82) is 0 Å². The molecule has 0 aromatic heterocycles. The molecular weight excluding hydrogens is 320 g/mol. The van der Waals surface area contributed by atoms with Crippen LogP contribution >= 0.6 is 0 Å². The number of esters is 2. The Hall–Kier alpha value is -1.62. The van der Waals surface area contributed by atoms with Crippen molar-refractivity contribution >= 4 is 11.9 Å². The van der Waals surface area contributed by atoms with Crippen LogP contribution in [0.25, 0.3) is 0 Å². The Bertz CT molecular complexity index is 618. The highest BCUT2D eigenvalue weighted by molar-refractivity contribution is 5.67. The number of rotatable bonds is 3. The number of fused-ring (bicyclic) bond motifs is 1. The van der Waals surface area contributed by atoms with Gasteiger partial charge in [0.15, 0.2) is 0 Å². The predicted octanol–water partition coefficient (Wildman–Crippen LogP) is 3.17. The molecule has 2 aliphatic rings. The van der Waals surface area contributed by atoms with Crippen LogP contribution < -0.4 is 0 Å². The summed E-state index contributed by atoms with van der Waals surface area (Å²) in [6.07, 6.45) is 1.33. The number of aliphatic hydroxyl groups excluding tert-OH is 1. The smallest absolute Gasteiger partial charge is 0.303 e. The van der Waals surface area contributed by atoms with Gasteiger partial charge in [-0.2, -0.15) is 0 Å². The molecule has 0 heterocycles. The molecule has 0 aromatic rings. The normalized spacial score (nSPS) is 37.1. The number of hydrogen-bond acceptors (Lipinski definition) is 5. The van der Waals surface area contributed by atoms with Gasteiger partial charge in [0, 0.05) is 25.2 Å². The van der Waals surface area contributed by atoms with Gasteiger partial charge in [0.2, 0.25) is 0 Å². The molecule has 0 amide bonds. The number of ether oxygens (including phenoxy) is 2. The summed E-state index contributed by atoms with van der Waals surface area (Å²) in [6.45, 7) is 14.8. The van der Waals surface area contributed by atoms with Crippen LogP contribution in [0, 0.1) is 16.7 Å². The summed E-state index contributed by atoms with van der Waals surface area (Å²) in [5.41, 5.74) is 0.808. The van der Waals surface area contributed by atoms with Crippen molar-refractivity contribution in [3.05, 3.63) is 23.8 Å². The highest BCUT2D eigenvalue weighted by Gasteiger charge is 2.62. The fourth-order valence-electron chi connectivity index (χ4n) is 5.20. The predicted molar refractivity (Wildman–Crippen MR) is 94.6 cm³/mol. The fourth-order valence-corrected chi connectivity index (χ4v) is 5.20. The molecule has 2 aliphatic carbocycles. The number of allylic oxidation sites excluding steroid dienone is 1. The Morgan fingerprint density at radius 3 is 2.24 bits per heavy atom. The first-order chi connectivity index (χ1) is 11.5. The lowest BCUT2D eigenvalue weighted by Gasteiger charge is -2.60. The number of carbonyl (C=O) groups excluding carboxylic acids is 2. The average molecular weight is 350 g/mol. The lowest BCUT2D eigenvalue weighted by molar-refractivity contribution is -0.197. The van der Waals surface area contributed by atoms with Crippen molar-refractivity contribution in [3.63, 3.8) is 0 Å². The Morgan fingerprint density at radius 1 is 1.20 bits per heavy atom. The van der Waals surface area contributed by atoms with Gasteiger partial charge in [0.1, 0.15) is 18.3 Å².